The van der Waals surface area contributed by atoms with Gasteiger partial charge in [-0.3, -0.25) is 0 Å². The summed E-state index contributed by atoms with van der Waals surface area (Å²) in [6, 6.07) is 22.0. The summed E-state index contributed by atoms with van der Waals surface area (Å²) in [6.45, 7) is 8.90. The van der Waals surface area contributed by atoms with Crippen LogP contribution in [0.15, 0.2) is 71.9 Å². The molecule has 0 saturated heterocycles. The molecule has 2 heteroatoms. The summed E-state index contributed by atoms with van der Waals surface area (Å²) >= 11 is 1.57. The number of rotatable bonds is 5. The average Bonchev–Trinajstić information content (AvgIpc) is 2.63. The van der Waals surface area contributed by atoms with Gasteiger partial charge in [-0.25, -0.2) is 0 Å². The van der Waals surface area contributed by atoms with Gasteiger partial charge in [0, 0.05) is 0 Å². The van der Waals surface area contributed by atoms with Crippen molar-refractivity contribution in [1.82, 2.24) is 4.90 Å². The number of benzene rings is 2. The van der Waals surface area contributed by atoms with Crippen LogP contribution < -0.4 is 0 Å². The molecule has 2 aromatic rings. The Labute approximate surface area is 150 Å². The van der Waals surface area contributed by atoms with Gasteiger partial charge < -0.3 is 0 Å². The Bertz CT molecular complexity index is 687. The summed E-state index contributed by atoms with van der Waals surface area (Å²) in [5, 5.41) is 0. The molecule has 0 unspecified atom stereocenters. The van der Waals surface area contributed by atoms with E-state index in [0.29, 0.717) is 0 Å². The van der Waals surface area contributed by atoms with Gasteiger partial charge >= 0.3 is 150 Å². The minimum absolute atomic E-state index is 0.0616. The molecule has 0 heterocycles. The quantitative estimate of drug-likeness (QED) is 0.626. The fourth-order valence-corrected chi connectivity index (χ4v) is 5.35. The Kier molecular flexibility index (Phi) is 4.69. The van der Waals surface area contributed by atoms with Crippen LogP contribution in [0, 0.1) is 0 Å². The van der Waals surface area contributed by atoms with Gasteiger partial charge in [0.25, 0.3) is 0 Å². The van der Waals surface area contributed by atoms with Crippen molar-refractivity contribution in [2.45, 2.75) is 26.2 Å². The molecule has 0 radical (unpaired) electrons. The normalized spacial score (nSPS) is 16.2. The third-order valence-corrected chi connectivity index (χ3v) is 7.08. The molecule has 23 heavy (non-hydrogen) atoms. The van der Waals surface area contributed by atoms with Crippen molar-refractivity contribution >= 4 is 3.90 Å². The van der Waals surface area contributed by atoms with E-state index in [1.54, 1.807) is 23.3 Å². The maximum atomic E-state index is 2.53. The van der Waals surface area contributed by atoms with Crippen molar-refractivity contribution in [2.75, 3.05) is 13.1 Å². The molecule has 0 spiro atoms. The number of hydrogen-bond donors (Lipinski definition) is 0. The van der Waals surface area contributed by atoms with E-state index in [9.17, 15) is 0 Å². The second-order valence-electron chi connectivity index (χ2n) is 5.96. The van der Waals surface area contributed by atoms with E-state index in [-0.39, 0.29) is 5.41 Å². The fourth-order valence-electron chi connectivity index (χ4n) is 3.81. The number of likely N-dealkylation sites (N-methyl/N-ethyl adjacent to an activating group) is 1. The minimum atomic E-state index is -0.0616. The monoisotopic (exact) mass is 473 g/mol. The first-order chi connectivity index (χ1) is 11.2. The summed E-state index contributed by atoms with van der Waals surface area (Å²) in [6.07, 6.45) is 0. The Morgan fingerprint density at radius 2 is 1.26 bits per heavy atom. The SMILES string of the molecule is CCN(CC)C1=C(C)[C](=[W])C1(c1ccccc1)c1ccccc1. The summed E-state index contributed by atoms with van der Waals surface area (Å²) in [5.74, 6) is 0. The predicted octanol–water partition coefficient (Wildman–Crippen LogP) is 4.32. The molecule has 1 aliphatic rings. The van der Waals surface area contributed by atoms with Crippen LogP contribution in [0.3, 0.4) is 0 Å². The Morgan fingerprint density at radius 1 is 0.826 bits per heavy atom. The molecule has 118 valence electrons. The van der Waals surface area contributed by atoms with Gasteiger partial charge in [-0.2, -0.15) is 0 Å². The summed E-state index contributed by atoms with van der Waals surface area (Å²) < 4.78 is 1.55. The van der Waals surface area contributed by atoms with Gasteiger partial charge in [-0.1, -0.05) is 0 Å². The van der Waals surface area contributed by atoms with Crippen molar-refractivity contribution in [2.24, 2.45) is 0 Å². The molecule has 0 amide bonds. The Hall–Kier alpha value is -1.46. The molecule has 0 bridgehead atoms. The van der Waals surface area contributed by atoms with E-state index < -0.39 is 0 Å². The van der Waals surface area contributed by atoms with Crippen LogP contribution in [0.5, 0.6) is 0 Å². The van der Waals surface area contributed by atoms with E-state index >= 15 is 0 Å². The van der Waals surface area contributed by atoms with Crippen LogP contribution in [0.2, 0.25) is 0 Å². The molecule has 1 aliphatic carbocycles. The van der Waals surface area contributed by atoms with Gasteiger partial charge in [-0.05, 0) is 0 Å². The first-order valence-corrected chi connectivity index (χ1v) is 9.76. The zero-order valence-corrected chi connectivity index (χ0v) is 17.0. The molecule has 0 saturated carbocycles. The maximum absolute atomic E-state index is 2.53. The van der Waals surface area contributed by atoms with Crippen molar-refractivity contribution in [3.05, 3.63) is 83.1 Å². The average molecular weight is 473 g/mol. The molecule has 2 aromatic carbocycles. The fraction of sp³-hybridized carbons (Fsp3) is 0.286. The molecule has 0 aromatic heterocycles. The number of hydrogen-bond acceptors (Lipinski definition) is 1. The topological polar surface area (TPSA) is 3.24 Å². The van der Waals surface area contributed by atoms with Crippen LogP contribution in [0.1, 0.15) is 31.9 Å². The second-order valence-corrected chi connectivity index (χ2v) is 7.42. The Morgan fingerprint density at radius 3 is 1.65 bits per heavy atom. The van der Waals surface area contributed by atoms with Crippen molar-refractivity contribution in [1.29, 1.82) is 0 Å². The predicted molar refractivity (Wildman–Crippen MR) is 94.3 cm³/mol. The van der Waals surface area contributed by atoms with Crippen LogP contribution in [0.25, 0.3) is 0 Å². The standard InChI is InChI=1S/C21H23N.W/c1-4-22(5-2)20-17(3)16-21(20,18-12-8-6-9-13-18)19-14-10-7-11-15-19;/h6-15H,4-5H2,1-3H3;. The molecule has 0 atom stereocenters. The van der Waals surface area contributed by atoms with E-state index in [4.69, 9.17) is 0 Å². The van der Waals surface area contributed by atoms with E-state index in [0.717, 1.165) is 13.1 Å². The summed E-state index contributed by atoms with van der Waals surface area (Å²) in [7, 11) is 0. The van der Waals surface area contributed by atoms with Gasteiger partial charge in [-0.15, -0.1) is 0 Å². The van der Waals surface area contributed by atoms with Crippen LogP contribution in [0.4, 0.5) is 0 Å². The first kappa shape index (κ1) is 16.4. The molecule has 0 aliphatic heterocycles. The van der Waals surface area contributed by atoms with Gasteiger partial charge in [0.15, 0.2) is 0 Å². The molecule has 1 nitrogen and oxygen atoms in total. The second kappa shape index (κ2) is 6.57. The molecular weight excluding hydrogens is 450 g/mol. The molecule has 0 N–H and O–H groups in total. The third-order valence-electron chi connectivity index (χ3n) is 4.88. The molecular formula is C21H23NW. The third kappa shape index (κ3) is 2.37. The number of nitrogens with zero attached hydrogens (tertiary/aromatic N) is 1. The number of allylic oxidation sites excluding steroid dienone is 2. The Balaban J connectivity index is 2.29. The molecule has 3 rings (SSSR count). The molecule has 0 fully saturated rings. The van der Waals surface area contributed by atoms with Crippen molar-refractivity contribution in [3.63, 3.8) is 0 Å². The zero-order chi connectivity index (χ0) is 16.4. The van der Waals surface area contributed by atoms with Gasteiger partial charge in [0.1, 0.15) is 0 Å². The zero-order valence-electron chi connectivity index (χ0n) is 14.0. The van der Waals surface area contributed by atoms with Crippen LogP contribution >= 0.6 is 0 Å². The summed E-state index contributed by atoms with van der Waals surface area (Å²) in [5.41, 5.74) is 5.70. The van der Waals surface area contributed by atoms with Crippen molar-refractivity contribution in [3.8, 4) is 0 Å². The van der Waals surface area contributed by atoms with E-state index in [1.807, 2.05) is 0 Å². The van der Waals surface area contributed by atoms with Gasteiger partial charge in [0.05, 0.1) is 0 Å². The first-order valence-electron chi connectivity index (χ1n) is 8.30. The van der Waals surface area contributed by atoms with Crippen LogP contribution in [-0.2, 0) is 24.8 Å². The van der Waals surface area contributed by atoms with E-state index in [1.165, 1.54) is 22.4 Å². The van der Waals surface area contributed by atoms with Gasteiger partial charge in [0.2, 0.25) is 0 Å². The summed E-state index contributed by atoms with van der Waals surface area (Å²) in [4.78, 5) is 2.53. The van der Waals surface area contributed by atoms with Crippen molar-refractivity contribution < 1.29 is 19.4 Å². The van der Waals surface area contributed by atoms with Crippen LogP contribution in [-0.4, -0.2) is 21.9 Å². The van der Waals surface area contributed by atoms with E-state index in [2.05, 4.69) is 86.3 Å².